The Morgan fingerprint density at radius 2 is 0.818 bits per heavy atom. The molecule has 77 heavy (non-hydrogen) atoms. The number of nitrogens with one attached hydrogen (secondary N) is 1. The summed E-state index contributed by atoms with van der Waals surface area (Å²) in [6, 6.07) is -0.835. The molecule has 446 valence electrons. The van der Waals surface area contributed by atoms with E-state index < -0.39 is 49.5 Å². The van der Waals surface area contributed by atoms with Crippen molar-refractivity contribution in [2.75, 3.05) is 13.2 Å². The zero-order valence-corrected chi connectivity index (χ0v) is 49.7. The minimum absolute atomic E-state index is 0.194. The zero-order valence-electron chi connectivity index (χ0n) is 49.7. The van der Waals surface area contributed by atoms with Gasteiger partial charge in [-0.2, -0.15) is 0 Å². The first-order valence-corrected chi connectivity index (χ1v) is 32.3. The second-order valence-electron chi connectivity index (χ2n) is 22.2. The Morgan fingerprint density at radius 3 is 1.25 bits per heavy atom. The maximum absolute atomic E-state index is 13.1. The molecule has 0 radical (unpaired) electrons. The summed E-state index contributed by atoms with van der Waals surface area (Å²) in [7, 11) is 0. The number of ether oxygens (including phenoxy) is 2. The lowest BCUT2D eigenvalue weighted by Gasteiger charge is -2.40. The van der Waals surface area contributed by atoms with Crippen LogP contribution in [-0.2, 0) is 14.3 Å². The molecule has 1 rings (SSSR count). The quantitative estimate of drug-likeness (QED) is 0.0261. The smallest absolute Gasteiger partial charge is 0.220 e. The molecule has 1 amide bonds. The van der Waals surface area contributed by atoms with E-state index in [0.717, 1.165) is 70.6 Å². The molecule has 1 saturated heterocycles. The number of unbranched alkanes of at least 4 members (excludes halogenated alkanes) is 33. The van der Waals surface area contributed by atoms with Gasteiger partial charge in [0.15, 0.2) is 6.29 Å². The van der Waals surface area contributed by atoms with Gasteiger partial charge in [0.2, 0.25) is 5.91 Å². The van der Waals surface area contributed by atoms with Crippen molar-refractivity contribution in [3.05, 3.63) is 85.1 Å². The summed E-state index contributed by atoms with van der Waals surface area (Å²) in [5, 5.41) is 54.6. The average Bonchev–Trinajstić information content (AvgIpc) is 3.43. The van der Waals surface area contributed by atoms with Crippen molar-refractivity contribution in [2.45, 2.75) is 326 Å². The summed E-state index contributed by atoms with van der Waals surface area (Å²) in [6.45, 7) is 3.67. The topological polar surface area (TPSA) is 149 Å². The highest BCUT2D eigenvalue weighted by atomic mass is 16.7. The number of hydrogen-bond donors (Lipinski definition) is 6. The second-order valence-corrected chi connectivity index (χ2v) is 22.2. The molecular weight excluding hydrogens is 959 g/mol. The summed E-state index contributed by atoms with van der Waals surface area (Å²) in [6.07, 6.45) is 73.9. The van der Waals surface area contributed by atoms with Crippen LogP contribution in [0.1, 0.15) is 284 Å². The second kappa shape index (κ2) is 56.6. The van der Waals surface area contributed by atoms with Crippen molar-refractivity contribution in [1.29, 1.82) is 0 Å². The molecule has 1 aliphatic rings. The van der Waals surface area contributed by atoms with E-state index in [1.54, 1.807) is 6.08 Å². The molecule has 0 aromatic heterocycles. The molecule has 0 bridgehead atoms. The van der Waals surface area contributed by atoms with Gasteiger partial charge in [0.1, 0.15) is 24.4 Å². The van der Waals surface area contributed by atoms with Crippen molar-refractivity contribution >= 4 is 5.91 Å². The first-order chi connectivity index (χ1) is 37.8. The van der Waals surface area contributed by atoms with E-state index in [0.29, 0.717) is 6.42 Å². The fourth-order valence-corrected chi connectivity index (χ4v) is 9.89. The van der Waals surface area contributed by atoms with Crippen molar-refractivity contribution < 1.29 is 39.8 Å². The molecule has 9 nitrogen and oxygen atoms in total. The third kappa shape index (κ3) is 45.8. The molecular formula is C68H121NO8. The lowest BCUT2D eigenvalue weighted by molar-refractivity contribution is -0.302. The van der Waals surface area contributed by atoms with Crippen LogP contribution in [0.4, 0.5) is 0 Å². The first-order valence-electron chi connectivity index (χ1n) is 32.3. The standard InChI is InChI=1S/C68H121NO8/c1-3-5-7-9-11-13-15-17-19-21-23-25-27-29-30-31-32-34-35-37-39-41-43-45-47-49-51-53-55-57-62(71)61(60-76-68-67(75)66(74)65(73)63(59-70)77-68)69-64(72)58-56-54-52-50-48-46-44-42-40-38-36-33-28-26-24-22-20-18-16-14-12-10-8-6-4-2/h6,8,12,14,18,20,24,26,39,41,47,49,55,57,61-63,65-68,70-71,73-75H,3-5,7,9-11,13,15-17,19,21-23,25,27-38,40,42-46,48,50-54,56,58-60H2,1-2H3,(H,69,72)/b8-6-,14-12-,20-18-,26-24-,41-39+,49-47+,57-55+. The van der Waals surface area contributed by atoms with E-state index in [-0.39, 0.29) is 12.5 Å². The lowest BCUT2D eigenvalue weighted by atomic mass is 9.99. The number of aliphatic hydroxyl groups excluding tert-OH is 5. The SMILES string of the molecule is CC/C=C\C/C=C\C/C=C\C/C=C\CCCCCCCCCCCCCCC(=O)NC(COC1OC(CO)C(O)C(O)C1O)C(O)/C=C/CC/C=C/CC/C=C/CCCCCCCCCCCCCCCCCCCCC. The minimum Gasteiger partial charge on any atom is -0.394 e. The van der Waals surface area contributed by atoms with Crippen LogP contribution >= 0.6 is 0 Å². The Morgan fingerprint density at radius 1 is 0.455 bits per heavy atom. The van der Waals surface area contributed by atoms with Crippen molar-refractivity contribution in [1.82, 2.24) is 5.32 Å². The first kappa shape index (κ1) is 72.4. The van der Waals surface area contributed by atoms with E-state index in [9.17, 15) is 30.3 Å². The van der Waals surface area contributed by atoms with Gasteiger partial charge in [0.05, 0.1) is 25.4 Å². The Kier molecular flexibility index (Phi) is 53.2. The molecule has 0 spiro atoms. The third-order valence-electron chi connectivity index (χ3n) is 14.9. The van der Waals surface area contributed by atoms with Gasteiger partial charge in [-0.25, -0.2) is 0 Å². The van der Waals surface area contributed by atoms with Crippen molar-refractivity contribution in [3.63, 3.8) is 0 Å². The van der Waals surface area contributed by atoms with Gasteiger partial charge in [-0.1, -0.05) is 279 Å². The highest BCUT2D eigenvalue weighted by Crippen LogP contribution is 2.23. The molecule has 0 aromatic rings. The Hall–Kier alpha value is -2.63. The van der Waals surface area contributed by atoms with Crippen molar-refractivity contribution in [2.24, 2.45) is 0 Å². The van der Waals surface area contributed by atoms with Gasteiger partial charge >= 0.3 is 0 Å². The summed E-state index contributed by atoms with van der Waals surface area (Å²) in [5.41, 5.74) is 0. The lowest BCUT2D eigenvalue weighted by Crippen LogP contribution is -2.60. The molecule has 7 unspecified atom stereocenters. The third-order valence-corrected chi connectivity index (χ3v) is 14.9. The largest absolute Gasteiger partial charge is 0.394 e. The monoisotopic (exact) mass is 1080 g/mol. The Labute approximate surface area is 473 Å². The van der Waals surface area contributed by atoms with E-state index in [4.69, 9.17) is 9.47 Å². The van der Waals surface area contributed by atoms with Crippen LogP contribution in [0.3, 0.4) is 0 Å². The summed E-state index contributed by atoms with van der Waals surface area (Å²) < 4.78 is 11.3. The zero-order chi connectivity index (χ0) is 55.8. The predicted octanol–water partition coefficient (Wildman–Crippen LogP) is 17.0. The van der Waals surface area contributed by atoms with Crippen LogP contribution in [-0.4, -0.2) is 87.5 Å². The van der Waals surface area contributed by atoms with Crippen LogP contribution in [0.25, 0.3) is 0 Å². The van der Waals surface area contributed by atoms with E-state index >= 15 is 0 Å². The van der Waals surface area contributed by atoms with Crippen molar-refractivity contribution in [3.8, 4) is 0 Å². The van der Waals surface area contributed by atoms with Gasteiger partial charge in [-0.05, 0) is 83.5 Å². The Balaban J connectivity index is 2.21. The molecule has 0 saturated carbocycles. The molecule has 0 aromatic carbocycles. The number of carbonyl (C=O) groups excluding carboxylic acids is 1. The van der Waals surface area contributed by atoms with Gasteiger partial charge in [-0.3, -0.25) is 4.79 Å². The Bertz CT molecular complexity index is 1490. The van der Waals surface area contributed by atoms with Gasteiger partial charge < -0.3 is 40.3 Å². The maximum atomic E-state index is 13.1. The summed E-state index contributed by atoms with van der Waals surface area (Å²) in [5.74, 6) is -0.194. The summed E-state index contributed by atoms with van der Waals surface area (Å²) in [4.78, 5) is 13.1. The number of rotatable bonds is 55. The highest BCUT2D eigenvalue weighted by Gasteiger charge is 2.44. The molecule has 1 fully saturated rings. The minimum atomic E-state index is -1.58. The number of allylic oxidation sites excluding steroid dienone is 13. The van der Waals surface area contributed by atoms with Crippen LogP contribution in [0.5, 0.6) is 0 Å². The van der Waals surface area contributed by atoms with Gasteiger partial charge in [0.25, 0.3) is 0 Å². The predicted molar refractivity (Wildman–Crippen MR) is 327 cm³/mol. The fraction of sp³-hybridized carbons (Fsp3) is 0.779. The molecule has 9 heteroatoms. The van der Waals surface area contributed by atoms with Crippen LogP contribution in [0, 0.1) is 0 Å². The molecule has 6 N–H and O–H groups in total. The van der Waals surface area contributed by atoms with E-state index in [1.165, 1.54) is 193 Å². The number of carbonyl (C=O) groups is 1. The molecule has 7 atom stereocenters. The highest BCUT2D eigenvalue weighted by molar-refractivity contribution is 5.76. The van der Waals surface area contributed by atoms with E-state index in [2.05, 4.69) is 92.1 Å². The number of hydrogen-bond acceptors (Lipinski definition) is 8. The summed E-state index contributed by atoms with van der Waals surface area (Å²) >= 11 is 0. The number of amides is 1. The maximum Gasteiger partial charge on any atom is 0.220 e. The molecule has 1 heterocycles. The average molecular weight is 1080 g/mol. The molecule has 0 aliphatic carbocycles. The fourth-order valence-electron chi connectivity index (χ4n) is 9.89. The van der Waals surface area contributed by atoms with Gasteiger partial charge in [0, 0.05) is 6.42 Å². The van der Waals surface area contributed by atoms with E-state index in [1.807, 2.05) is 6.08 Å². The van der Waals surface area contributed by atoms with Crippen LogP contribution < -0.4 is 5.32 Å². The number of aliphatic hydroxyl groups is 5. The molecule has 1 aliphatic heterocycles. The van der Waals surface area contributed by atoms with Gasteiger partial charge in [-0.15, -0.1) is 0 Å². The normalized spacial score (nSPS) is 19.3. The van der Waals surface area contributed by atoms with Crippen LogP contribution in [0.15, 0.2) is 85.1 Å². The van der Waals surface area contributed by atoms with Crippen LogP contribution in [0.2, 0.25) is 0 Å².